The molecule has 1 aliphatic rings. The molecule has 0 unspecified atom stereocenters. The SMILES string of the molecule is CN1OC[C@H](S(=O)(=O)NCCc2ccccc2)[C@@H]1c1ccc(Cl)cc1. The number of nitrogens with zero attached hydrogens (tertiary/aromatic N) is 1. The molecule has 1 fully saturated rings. The minimum atomic E-state index is -3.52. The predicted molar refractivity (Wildman–Crippen MR) is 98.8 cm³/mol. The van der Waals surface area contributed by atoms with E-state index in [4.69, 9.17) is 16.4 Å². The largest absolute Gasteiger partial charge is 0.297 e. The molecule has 0 radical (unpaired) electrons. The van der Waals surface area contributed by atoms with E-state index in [9.17, 15) is 8.42 Å². The molecule has 134 valence electrons. The van der Waals surface area contributed by atoms with Gasteiger partial charge in [0.25, 0.3) is 0 Å². The quantitative estimate of drug-likeness (QED) is 0.837. The maximum atomic E-state index is 12.8. The number of sulfonamides is 1. The fraction of sp³-hybridized carbons (Fsp3) is 0.333. The zero-order valence-electron chi connectivity index (χ0n) is 13.9. The highest BCUT2D eigenvalue weighted by Gasteiger charge is 2.42. The van der Waals surface area contributed by atoms with E-state index in [0.29, 0.717) is 18.0 Å². The Morgan fingerprint density at radius 1 is 1.16 bits per heavy atom. The van der Waals surface area contributed by atoms with Gasteiger partial charge in [-0.3, -0.25) is 4.84 Å². The number of hydrogen-bond donors (Lipinski definition) is 1. The third kappa shape index (κ3) is 4.40. The summed E-state index contributed by atoms with van der Waals surface area (Å²) in [7, 11) is -1.77. The van der Waals surface area contributed by atoms with Crippen LogP contribution in [0.15, 0.2) is 54.6 Å². The van der Waals surface area contributed by atoms with Crippen molar-refractivity contribution in [2.75, 3.05) is 20.2 Å². The second-order valence-electron chi connectivity index (χ2n) is 6.05. The Hall–Kier alpha value is -1.44. The Morgan fingerprint density at radius 3 is 2.52 bits per heavy atom. The van der Waals surface area contributed by atoms with Crippen molar-refractivity contribution in [2.24, 2.45) is 0 Å². The Labute approximate surface area is 153 Å². The van der Waals surface area contributed by atoms with Crippen molar-refractivity contribution in [1.29, 1.82) is 0 Å². The van der Waals surface area contributed by atoms with Crippen molar-refractivity contribution in [2.45, 2.75) is 17.7 Å². The van der Waals surface area contributed by atoms with Crippen LogP contribution in [0.5, 0.6) is 0 Å². The van der Waals surface area contributed by atoms with E-state index < -0.39 is 15.3 Å². The van der Waals surface area contributed by atoms with Gasteiger partial charge in [0.2, 0.25) is 10.0 Å². The first-order chi connectivity index (χ1) is 12.0. The lowest BCUT2D eigenvalue weighted by atomic mass is 10.0. The van der Waals surface area contributed by atoms with Gasteiger partial charge in [0, 0.05) is 18.6 Å². The molecule has 2 aromatic carbocycles. The highest BCUT2D eigenvalue weighted by atomic mass is 35.5. The van der Waals surface area contributed by atoms with Gasteiger partial charge in [-0.25, -0.2) is 13.1 Å². The Balaban J connectivity index is 1.70. The van der Waals surface area contributed by atoms with Gasteiger partial charge in [0.15, 0.2) is 0 Å². The van der Waals surface area contributed by atoms with Crippen molar-refractivity contribution in [3.63, 3.8) is 0 Å². The molecular formula is C18H21ClN2O3S. The van der Waals surface area contributed by atoms with Crippen LogP contribution in [-0.2, 0) is 21.3 Å². The molecule has 1 aliphatic heterocycles. The summed E-state index contributed by atoms with van der Waals surface area (Å²) in [5.41, 5.74) is 1.96. The zero-order chi connectivity index (χ0) is 17.9. The smallest absolute Gasteiger partial charge is 0.218 e. The average molecular weight is 381 g/mol. The minimum absolute atomic E-state index is 0.129. The van der Waals surface area contributed by atoms with Gasteiger partial charge < -0.3 is 0 Å². The zero-order valence-corrected chi connectivity index (χ0v) is 15.5. The molecule has 3 rings (SSSR count). The fourth-order valence-electron chi connectivity index (χ4n) is 3.03. The molecule has 0 saturated carbocycles. The average Bonchev–Trinajstić information content (AvgIpc) is 2.99. The normalized spacial score (nSPS) is 21.5. The first-order valence-electron chi connectivity index (χ1n) is 8.11. The number of benzene rings is 2. The number of hydrogen-bond acceptors (Lipinski definition) is 4. The van der Waals surface area contributed by atoms with Crippen molar-refractivity contribution in [3.05, 3.63) is 70.7 Å². The lowest BCUT2D eigenvalue weighted by molar-refractivity contribution is -0.110. The number of hydroxylamine groups is 2. The third-order valence-corrected chi connectivity index (χ3v) is 6.41. The van der Waals surface area contributed by atoms with Crippen LogP contribution < -0.4 is 4.72 Å². The van der Waals surface area contributed by atoms with Gasteiger partial charge in [-0.2, -0.15) is 5.06 Å². The van der Waals surface area contributed by atoms with E-state index in [1.54, 1.807) is 24.2 Å². The Kier molecular flexibility index (Phi) is 5.76. The monoisotopic (exact) mass is 380 g/mol. The van der Waals surface area contributed by atoms with Crippen LogP contribution in [0.25, 0.3) is 0 Å². The van der Waals surface area contributed by atoms with Crippen LogP contribution in [0.1, 0.15) is 17.2 Å². The van der Waals surface area contributed by atoms with Gasteiger partial charge in [-0.15, -0.1) is 0 Å². The molecule has 1 heterocycles. The van der Waals surface area contributed by atoms with Crippen LogP contribution in [0.4, 0.5) is 0 Å². The highest BCUT2D eigenvalue weighted by Crippen LogP contribution is 2.33. The van der Waals surface area contributed by atoms with Crippen molar-refractivity contribution in [3.8, 4) is 0 Å². The van der Waals surface area contributed by atoms with E-state index in [2.05, 4.69) is 4.72 Å². The first-order valence-corrected chi connectivity index (χ1v) is 10.0. The first kappa shape index (κ1) is 18.4. The van der Waals surface area contributed by atoms with Gasteiger partial charge >= 0.3 is 0 Å². The highest BCUT2D eigenvalue weighted by molar-refractivity contribution is 7.90. The molecule has 0 aromatic heterocycles. The standard InChI is InChI=1S/C18H21ClN2O3S/c1-21-18(15-7-9-16(19)10-8-15)17(13-24-21)25(22,23)20-12-11-14-5-3-2-4-6-14/h2-10,17-18,20H,11-13H2,1H3/t17-,18-/m0/s1. The van der Waals surface area contributed by atoms with Gasteiger partial charge in [0.05, 0.1) is 12.6 Å². The Morgan fingerprint density at radius 2 is 1.84 bits per heavy atom. The lowest BCUT2D eigenvalue weighted by Crippen LogP contribution is -2.40. The number of nitrogens with one attached hydrogen (secondary N) is 1. The van der Waals surface area contributed by atoms with Gasteiger partial charge in [-0.05, 0) is 29.7 Å². The van der Waals surface area contributed by atoms with Crippen LogP contribution in [-0.4, -0.2) is 38.9 Å². The fourth-order valence-corrected chi connectivity index (χ4v) is 4.66. The summed E-state index contributed by atoms with van der Waals surface area (Å²) in [6.07, 6.45) is 0.648. The van der Waals surface area contributed by atoms with E-state index in [-0.39, 0.29) is 12.6 Å². The van der Waals surface area contributed by atoms with Crippen molar-refractivity contribution in [1.82, 2.24) is 9.79 Å². The van der Waals surface area contributed by atoms with E-state index in [0.717, 1.165) is 11.1 Å². The molecule has 0 bridgehead atoms. The lowest BCUT2D eigenvalue weighted by Gasteiger charge is -2.23. The maximum absolute atomic E-state index is 12.8. The summed E-state index contributed by atoms with van der Waals surface area (Å²) in [5.74, 6) is 0. The molecule has 0 spiro atoms. The summed E-state index contributed by atoms with van der Waals surface area (Å²) in [6, 6.07) is 16.6. The van der Waals surface area contributed by atoms with E-state index in [1.165, 1.54) is 0 Å². The Bertz CT molecular complexity index is 797. The summed E-state index contributed by atoms with van der Waals surface area (Å²) in [5, 5.41) is 1.55. The molecule has 2 atom stereocenters. The summed E-state index contributed by atoms with van der Waals surface area (Å²) in [4.78, 5) is 5.49. The summed E-state index contributed by atoms with van der Waals surface area (Å²) < 4.78 is 28.3. The molecule has 0 amide bonds. The topological polar surface area (TPSA) is 58.6 Å². The molecule has 7 heteroatoms. The molecule has 5 nitrogen and oxygen atoms in total. The maximum Gasteiger partial charge on any atom is 0.218 e. The van der Waals surface area contributed by atoms with Crippen LogP contribution in [0.3, 0.4) is 0 Å². The molecular weight excluding hydrogens is 360 g/mol. The van der Waals surface area contributed by atoms with E-state index in [1.807, 2.05) is 42.5 Å². The van der Waals surface area contributed by atoms with Crippen molar-refractivity contribution >= 4 is 21.6 Å². The minimum Gasteiger partial charge on any atom is -0.297 e. The van der Waals surface area contributed by atoms with Crippen LogP contribution in [0.2, 0.25) is 5.02 Å². The predicted octanol–water partition coefficient (Wildman–Crippen LogP) is 2.79. The van der Waals surface area contributed by atoms with Gasteiger partial charge in [0.1, 0.15) is 5.25 Å². The molecule has 2 aromatic rings. The molecule has 1 saturated heterocycles. The second-order valence-corrected chi connectivity index (χ2v) is 8.47. The van der Waals surface area contributed by atoms with E-state index >= 15 is 0 Å². The number of halogens is 1. The van der Waals surface area contributed by atoms with Gasteiger partial charge in [-0.1, -0.05) is 54.1 Å². The third-order valence-electron chi connectivity index (χ3n) is 4.36. The number of rotatable bonds is 6. The van der Waals surface area contributed by atoms with Crippen LogP contribution in [0, 0.1) is 0 Å². The second kappa shape index (κ2) is 7.85. The molecule has 25 heavy (non-hydrogen) atoms. The molecule has 1 N–H and O–H groups in total. The van der Waals surface area contributed by atoms with Crippen molar-refractivity contribution < 1.29 is 13.3 Å². The summed E-state index contributed by atoms with van der Waals surface area (Å²) in [6.45, 7) is 0.490. The van der Waals surface area contributed by atoms with Crippen LogP contribution >= 0.6 is 11.6 Å². The molecule has 0 aliphatic carbocycles. The summed E-state index contributed by atoms with van der Waals surface area (Å²) >= 11 is 5.93.